The van der Waals surface area contributed by atoms with Gasteiger partial charge in [-0.15, -0.1) is 0 Å². The van der Waals surface area contributed by atoms with Gasteiger partial charge in [0.1, 0.15) is 5.82 Å². The molecule has 0 bridgehead atoms. The summed E-state index contributed by atoms with van der Waals surface area (Å²) in [5, 5.41) is 2.99. The fourth-order valence-corrected chi connectivity index (χ4v) is 3.75. The first-order valence-corrected chi connectivity index (χ1v) is 10.1. The van der Waals surface area contributed by atoms with Gasteiger partial charge in [0.15, 0.2) is 11.5 Å². The van der Waals surface area contributed by atoms with Crippen molar-refractivity contribution in [3.8, 4) is 11.5 Å². The lowest BCUT2D eigenvalue weighted by molar-refractivity contribution is 0.0930. The number of halogens is 1. The number of ether oxygens (including phenoxy) is 2. The molecule has 29 heavy (non-hydrogen) atoms. The fraction of sp³-hybridized carbons (Fsp3) is 0.435. The summed E-state index contributed by atoms with van der Waals surface area (Å²) < 4.78 is 24.0. The molecule has 1 aliphatic heterocycles. The number of hydrogen-bond donors (Lipinski definition) is 1. The zero-order valence-electron chi connectivity index (χ0n) is 17.1. The highest BCUT2D eigenvalue weighted by molar-refractivity contribution is 5.94. The molecular weight excluding hydrogens is 371 g/mol. The van der Waals surface area contributed by atoms with Gasteiger partial charge in [0.2, 0.25) is 0 Å². The van der Waals surface area contributed by atoms with E-state index in [0.717, 1.165) is 44.0 Å². The average molecular weight is 400 g/mol. The van der Waals surface area contributed by atoms with Crippen molar-refractivity contribution in [3.63, 3.8) is 0 Å². The molecule has 3 rings (SSSR count). The molecule has 0 aromatic heterocycles. The van der Waals surface area contributed by atoms with Crippen LogP contribution in [0.4, 0.5) is 4.39 Å². The van der Waals surface area contributed by atoms with Gasteiger partial charge >= 0.3 is 0 Å². The zero-order chi connectivity index (χ0) is 20.6. The maximum atomic E-state index is 13.0. The SMILES string of the molecule is CCOc1cc(CN2CCC[C@H](CNC(=O)c3ccc(F)cc3)C2)ccc1OC. The quantitative estimate of drug-likeness (QED) is 0.731. The highest BCUT2D eigenvalue weighted by Crippen LogP contribution is 2.29. The highest BCUT2D eigenvalue weighted by atomic mass is 19.1. The van der Waals surface area contributed by atoms with Crippen LogP contribution in [0.25, 0.3) is 0 Å². The Hall–Kier alpha value is -2.60. The van der Waals surface area contributed by atoms with E-state index in [-0.39, 0.29) is 11.7 Å². The number of hydrogen-bond acceptors (Lipinski definition) is 4. The van der Waals surface area contributed by atoms with Crippen LogP contribution in [0.5, 0.6) is 11.5 Å². The van der Waals surface area contributed by atoms with Crippen LogP contribution >= 0.6 is 0 Å². The second-order valence-electron chi connectivity index (χ2n) is 7.38. The second-order valence-corrected chi connectivity index (χ2v) is 7.38. The number of carbonyl (C=O) groups is 1. The monoisotopic (exact) mass is 400 g/mol. The molecule has 5 nitrogen and oxygen atoms in total. The van der Waals surface area contributed by atoms with Crippen LogP contribution in [0.3, 0.4) is 0 Å². The van der Waals surface area contributed by atoms with Crippen molar-refractivity contribution < 1.29 is 18.7 Å². The number of likely N-dealkylation sites (tertiary alicyclic amines) is 1. The molecule has 6 heteroatoms. The molecule has 0 aliphatic carbocycles. The van der Waals surface area contributed by atoms with E-state index in [1.165, 1.54) is 29.8 Å². The number of nitrogens with zero attached hydrogens (tertiary/aromatic N) is 1. The molecule has 1 aliphatic rings. The van der Waals surface area contributed by atoms with Gasteiger partial charge in [-0.1, -0.05) is 6.07 Å². The van der Waals surface area contributed by atoms with E-state index < -0.39 is 0 Å². The van der Waals surface area contributed by atoms with Gasteiger partial charge in [0, 0.05) is 25.2 Å². The van der Waals surface area contributed by atoms with Crippen molar-refractivity contribution in [2.45, 2.75) is 26.3 Å². The first-order chi connectivity index (χ1) is 14.1. The topological polar surface area (TPSA) is 50.8 Å². The summed E-state index contributed by atoms with van der Waals surface area (Å²) in [7, 11) is 1.65. The Labute approximate surface area is 171 Å². The Kier molecular flexibility index (Phi) is 7.47. The standard InChI is InChI=1S/C23H29FN2O3/c1-3-29-22-13-17(6-11-21(22)28-2)15-26-12-4-5-18(16-26)14-25-23(27)19-7-9-20(24)10-8-19/h6-11,13,18H,3-5,12,14-16H2,1-2H3,(H,25,27)/t18-/m1/s1. The summed E-state index contributed by atoms with van der Waals surface area (Å²) in [6, 6.07) is 11.7. The van der Waals surface area contributed by atoms with E-state index in [1.807, 2.05) is 19.1 Å². The number of nitrogens with one attached hydrogen (secondary N) is 1. The van der Waals surface area contributed by atoms with Crippen LogP contribution < -0.4 is 14.8 Å². The van der Waals surface area contributed by atoms with Crippen molar-refractivity contribution in [2.75, 3.05) is 33.4 Å². The Morgan fingerprint density at radius 2 is 2.00 bits per heavy atom. The summed E-state index contributed by atoms with van der Waals surface area (Å²) in [6.07, 6.45) is 2.19. The minimum Gasteiger partial charge on any atom is -0.493 e. The summed E-state index contributed by atoms with van der Waals surface area (Å²) in [6.45, 7) is 5.99. The maximum Gasteiger partial charge on any atom is 0.251 e. The van der Waals surface area contributed by atoms with E-state index in [9.17, 15) is 9.18 Å². The van der Waals surface area contributed by atoms with Crippen LogP contribution in [0.2, 0.25) is 0 Å². The van der Waals surface area contributed by atoms with Gasteiger partial charge in [-0.3, -0.25) is 9.69 Å². The summed E-state index contributed by atoms with van der Waals surface area (Å²) >= 11 is 0. The average Bonchev–Trinajstić information content (AvgIpc) is 2.73. The molecule has 1 saturated heterocycles. The molecule has 2 aromatic carbocycles. The molecule has 156 valence electrons. The van der Waals surface area contributed by atoms with Crippen molar-refractivity contribution in [1.29, 1.82) is 0 Å². The van der Waals surface area contributed by atoms with Crippen LogP contribution in [-0.4, -0.2) is 44.2 Å². The minimum atomic E-state index is -0.338. The Bertz CT molecular complexity index is 810. The van der Waals surface area contributed by atoms with E-state index in [2.05, 4.69) is 16.3 Å². The molecule has 0 radical (unpaired) electrons. The molecular formula is C23H29FN2O3. The van der Waals surface area contributed by atoms with E-state index in [4.69, 9.17) is 9.47 Å². The first kappa shape index (κ1) is 21.1. The van der Waals surface area contributed by atoms with Crippen LogP contribution in [-0.2, 0) is 6.54 Å². The maximum absolute atomic E-state index is 13.0. The van der Waals surface area contributed by atoms with Gasteiger partial charge in [0.05, 0.1) is 13.7 Å². The van der Waals surface area contributed by atoms with Crippen LogP contribution in [0.15, 0.2) is 42.5 Å². The van der Waals surface area contributed by atoms with Crippen molar-refractivity contribution >= 4 is 5.91 Å². The van der Waals surface area contributed by atoms with Crippen molar-refractivity contribution in [2.24, 2.45) is 5.92 Å². The zero-order valence-corrected chi connectivity index (χ0v) is 17.1. The Morgan fingerprint density at radius 3 is 2.72 bits per heavy atom. The fourth-order valence-electron chi connectivity index (χ4n) is 3.75. The molecule has 1 heterocycles. The van der Waals surface area contributed by atoms with E-state index in [0.29, 0.717) is 24.6 Å². The second kappa shape index (κ2) is 10.3. The Balaban J connectivity index is 1.53. The molecule has 2 aromatic rings. The van der Waals surface area contributed by atoms with E-state index in [1.54, 1.807) is 7.11 Å². The van der Waals surface area contributed by atoms with Gasteiger partial charge < -0.3 is 14.8 Å². The summed E-state index contributed by atoms with van der Waals surface area (Å²) in [4.78, 5) is 14.7. The molecule has 1 fully saturated rings. The lowest BCUT2D eigenvalue weighted by Crippen LogP contribution is -2.40. The lowest BCUT2D eigenvalue weighted by Gasteiger charge is -2.33. The van der Waals surface area contributed by atoms with Crippen LogP contribution in [0.1, 0.15) is 35.7 Å². The van der Waals surface area contributed by atoms with Crippen LogP contribution in [0, 0.1) is 11.7 Å². The van der Waals surface area contributed by atoms with Gasteiger partial charge in [0.25, 0.3) is 5.91 Å². The molecule has 0 spiro atoms. The van der Waals surface area contributed by atoms with Crippen molar-refractivity contribution in [3.05, 3.63) is 59.4 Å². The minimum absolute atomic E-state index is 0.154. The molecule has 0 unspecified atom stereocenters. The summed E-state index contributed by atoms with van der Waals surface area (Å²) in [5.74, 6) is 1.43. The number of methoxy groups -OCH3 is 1. The van der Waals surface area contributed by atoms with Gasteiger partial charge in [-0.25, -0.2) is 4.39 Å². The third kappa shape index (κ3) is 5.94. The van der Waals surface area contributed by atoms with Gasteiger partial charge in [-0.05, 0) is 74.2 Å². The lowest BCUT2D eigenvalue weighted by atomic mass is 9.97. The predicted molar refractivity (Wildman–Crippen MR) is 111 cm³/mol. The molecule has 1 N–H and O–H groups in total. The highest BCUT2D eigenvalue weighted by Gasteiger charge is 2.21. The van der Waals surface area contributed by atoms with E-state index >= 15 is 0 Å². The number of rotatable bonds is 8. The third-order valence-corrected chi connectivity index (χ3v) is 5.19. The van der Waals surface area contributed by atoms with Gasteiger partial charge in [-0.2, -0.15) is 0 Å². The van der Waals surface area contributed by atoms with Crippen molar-refractivity contribution in [1.82, 2.24) is 10.2 Å². The molecule has 1 atom stereocenters. The molecule has 1 amide bonds. The normalized spacial score (nSPS) is 17.0. The largest absolute Gasteiger partial charge is 0.493 e. The smallest absolute Gasteiger partial charge is 0.251 e. The number of carbonyl (C=O) groups excluding carboxylic acids is 1. The summed E-state index contributed by atoms with van der Waals surface area (Å²) in [5.41, 5.74) is 1.67. The Morgan fingerprint density at radius 1 is 1.21 bits per heavy atom. The number of piperidine rings is 1. The third-order valence-electron chi connectivity index (χ3n) is 5.19. The predicted octanol–water partition coefficient (Wildman–Crippen LogP) is 3.88. The molecule has 0 saturated carbocycles. The number of amides is 1. The number of benzene rings is 2. The first-order valence-electron chi connectivity index (χ1n) is 10.1.